The molecule has 3 nitrogen and oxygen atoms in total. The number of rotatable bonds is 1. The zero-order valence-electron chi connectivity index (χ0n) is 9.47. The van der Waals surface area contributed by atoms with Crippen LogP contribution in [-0.4, -0.2) is 9.97 Å². The minimum atomic E-state index is 0.472. The van der Waals surface area contributed by atoms with Crippen molar-refractivity contribution >= 4 is 39.3 Å². The molecule has 3 aromatic rings. The first-order valence-corrected chi connectivity index (χ1v) is 6.59. The van der Waals surface area contributed by atoms with Crippen molar-refractivity contribution in [2.45, 2.75) is 0 Å². The van der Waals surface area contributed by atoms with Crippen LogP contribution < -0.4 is 5.73 Å². The van der Waals surface area contributed by atoms with Crippen molar-refractivity contribution in [3.63, 3.8) is 0 Å². The van der Waals surface area contributed by atoms with Gasteiger partial charge in [0.05, 0.1) is 5.69 Å². The second-order valence-corrected chi connectivity index (χ2v) is 5.22. The second-order valence-electron chi connectivity index (χ2n) is 3.97. The van der Waals surface area contributed by atoms with Gasteiger partial charge in [-0.3, -0.25) is 0 Å². The number of hydrogen-bond acceptors (Lipinski definition) is 3. The van der Waals surface area contributed by atoms with Crippen molar-refractivity contribution in [1.82, 2.24) is 9.97 Å². The fourth-order valence-electron chi connectivity index (χ4n) is 1.88. The third-order valence-corrected chi connectivity index (χ3v) is 3.43. The van der Waals surface area contributed by atoms with E-state index < -0.39 is 0 Å². The lowest BCUT2D eigenvalue weighted by Gasteiger charge is -2.05. The van der Waals surface area contributed by atoms with Gasteiger partial charge < -0.3 is 5.73 Å². The molecule has 0 aliphatic heterocycles. The average molecular weight is 347 g/mol. The molecule has 0 spiro atoms. The van der Waals surface area contributed by atoms with Gasteiger partial charge in [-0.1, -0.05) is 18.2 Å². The summed E-state index contributed by atoms with van der Waals surface area (Å²) in [5, 5.41) is 1.01. The maximum Gasteiger partial charge on any atom is 0.149 e. The molecule has 0 aliphatic carbocycles. The van der Waals surface area contributed by atoms with E-state index in [-0.39, 0.29) is 0 Å². The Labute approximate surface area is 118 Å². The Morgan fingerprint density at radius 3 is 2.78 bits per heavy atom. The normalized spacial score (nSPS) is 10.7. The Morgan fingerprint density at radius 1 is 1.06 bits per heavy atom. The Kier molecular flexibility index (Phi) is 2.87. The zero-order valence-corrected chi connectivity index (χ0v) is 11.6. The molecular formula is C14H10IN3. The van der Waals surface area contributed by atoms with Gasteiger partial charge in [-0.05, 0) is 46.9 Å². The third kappa shape index (κ3) is 2.03. The summed E-state index contributed by atoms with van der Waals surface area (Å²) in [7, 11) is 0. The predicted molar refractivity (Wildman–Crippen MR) is 82.1 cm³/mol. The van der Waals surface area contributed by atoms with E-state index in [0.717, 1.165) is 22.2 Å². The number of pyridine rings is 2. The van der Waals surface area contributed by atoms with Crippen LogP contribution in [0.15, 0.2) is 48.7 Å². The molecule has 88 valence electrons. The number of nitrogen functional groups attached to an aromatic ring is 1. The third-order valence-electron chi connectivity index (χ3n) is 2.76. The van der Waals surface area contributed by atoms with E-state index in [9.17, 15) is 0 Å². The van der Waals surface area contributed by atoms with Crippen molar-refractivity contribution in [3.8, 4) is 11.3 Å². The van der Waals surface area contributed by atoms with E-state index in [1.165, 1.54) is 3.57 Å². The number of benzene rings is 1. The standard InChI is InChI=1S/C14H10IN3/c15-11-3-1-2-10(8-11)12-5-4-9-6-7-17-14(16)13(9)18-12/h1-8H,(H2,16,17). The molecule has 0 aliphatic rings. The summed E-state index contributed by atoms with van der Waals surface area (Å²) in [6.07, 6.45) is 1.70. The maximum atomic E-state index is 5.86. The molecule has 0 unspecified atom stereocenters. The summed E-state index contributed by atoms with van der Waals surface area (Å²) in [5.41, 5.74) is 8.62. The molecule has 0 atom stereocenters. The van der Waals surface area contributed by atoms with Gasteiger partial charge in [-0.25, -0.2) is 9.97 Å². The Balaban J connectivity index is 2.22. The number of anilines is 1. The highest BCUT2D eigenvalue weighted by Gasteiger charge is 2.04. The number of fused-ring (bicyclic) bond motifs is 1. The van der Waals surface area contributed by atoms with Crippen molar-refractivity contribution in [2.24, 2.45) is 0 Å². The van der Waals surface area contributed by atoms with Gasteiger partial charge in [0, 0.05) is 20.7 Å². The molecular weight excluding hydrogens is 337 g/mol. The molecule has 0 bridgehead atoms. The lowest BCUT2D eigenvalue weighted by atomic mass is 10.1. The minimum Gasteiger partial charge on any atom is -0.382 e. The lowest BCUT2D eigenvalue weighted by Crippen LogP contribution is -1.94. The molecule has 2 aromatic heterocycles. The predicted octanol–water partition coefficient (Wildman–Crippen LogP) is 3.48. The van der Waals surface area contributed by atoms with Gasteiger partial charge in [0.1, 0.15) is 11.3 Å². The molecule has 18 heavy (non-hydrogen) atoms. The number of nitrogens with two attached hydrogens (primary N) is 1. The van der Waals surface area contributed by atoms with Crippen LogP contribution in [0.25, 0.3) is 22.2 Å². The van der Waals surface area contributed by atoms with E-state index in [1.54, 1.807) is 6.20 Å². The number of aromatic nitrogens is 2. The molecule has 1 aromatic carbocycles. The topological polar surface area (TPSA) is 51.8 Å². The SMILES string of the molecule is Nc1nccc2ccc(-c3cccc(I)c3)nc12. The van der Waals surface area contributed by atoms with Gasteiger partial charge in [0.2, 0.25) is 0 Å². The van der Waals surface area contributed by atoms with Gasteiger partial charge in [0.25, 0.3) is 0 Å². The molecule has 0 amide bonds. The highest BCUT2D eigenvalue weighted by molar-refractivity contribution is 14.1. The molecule has 4 heteroatoms. The summed E-state index contributed by atoms with van der Waals surface area (Å²) in [4.78, 5) is 8.67. The van der Waals surface area contributed by atoms with Crippen molar-refractivity contribution in [1.29, 1.82) is 0 Å². The monoisotopic (exact) mass is 347 g/mol. The molecule has 3 rings (SSSR count). The zero-order chi connectivity index (χ0) is 12.5. The Bertz CT molecular complexity index is 725. The van der Waals surface area contributed by atoms with Gasteiger partial charge >= 0.3 is 0 Å². The van der Waals surface area contributed by atoms with Crippen molar-refractivity contribution < 1.29 is 0 Å². The first-order valence-electron chi connectivity index (χ1n) is 5.51. The minimum absolute atomic E-state index is 0.472. The van der Waals surface area contributed by atoms with E-state index in [4.69, 9.17) is 5.73 Å². The van der Waals surface area contributed by atoms with Crippen molar-refractivity contribution in [2.75, 3.05) is 5.73 Å². The highest BCUT2D eigenvalue weighted by atomic mass is 127. The van der Waals surface area contributed by atoms with E-state index in [2.05, 4.69) is 44.7 Å². The first kappa shape index (κ1) is 11.4. The Hall–Kier alpha value is -1.69. The quantitative estimate of drug-likeness (QED) is 0.686. The number of hydrogen-bond donors (Lipinski definition) is 1. The summed E-state index contributed by atoms with van der Waals surface area (Å²) in [5.74, 6) is 0.472. The maximum absolute atomic E-state index is 5.86. The van der Waals surface area contributed by atoms with Gasteiger partial charge in [-0.15, -0.1) is 0 Å². The summed E-state index contributed by atoms with van der Waals surface area (Å²) in [6, 6.07) is 14.2. The van der Waals surface area contributed by atoms with Crippen LogP contribution >= 0.6 is 22.6 Å². The number of halogens is 1. The first-order chi connectivity index (χ1) is 8.74. The number of nitrogens with zero attached hydrogens (tertiary/aromatic N) is 2. The Morgan fingerprint density at radius 2 is 1.94 bits per heavy atom. The van der Waals surface area contributed by atoms with Crippen LogP contribution in [0.1, 0.15) is 0 Å². The summed E-state index contributed by atoms with van der Waals surface area (Å²) >= 11 is 2.29. The average Bonchev–Trinajstić information content (AvgIpc) is 2.39. The molecule has 0 radical (unpaired) electrons. The molecule has 2 N–H and O–H groups in total. The van der Waals surface area contributed by atoms with Crippen LogP contribution in [0.2, 0.25) is 0 Å². The van der Waals surface area contributed by atoms with Crippen molar-refractivity contribution in [3.05, 3.63) is 52.2 Å². The molecule has 0 saturated carbocycles. The second kappa shape index (κ2) is 4.53. The van der Waals surface area contributed by atoms with Crippen LogP contribution in [0.4, 0.5) is 5.82 Å². The van der Waals surface area contributed by atoms with Crippen LogP contribution in [-0.2, 0) is 0 Å². The summed E-state index contributed by atoms with van der Waals surface area (Å²) < 4.78 is 1.19. The van der Waals surface area contributed by atoms with E-state index in [1.807, 2.05) is 30.3 Å². The van der Waals surface area contributed by atoms with Gasteiger partial charge in [0.15, 0.2) is 0 Å². The highest BCUT2D eigenvalue weighted by Crippen LogP contribution is 2.24. The smallest absolute Gasteiger partial charge is 0.149 e. The molecule has 0 fully saturated rings. The van der Waals surface area contributed by atoms with E-state index in [0.29, 0.717) is 5.82 Å². The van der Waals surface area contributed by atoms with Crippen LogP contribution in [0, 0.1) is 3.57 Å². The van der Waals surface area contributed by atoms with E-state index >= 15 is 0 Å². The fourth-order valence-corrected chi connectivity index (χ4v) is 2.42. The largest absolute Gasteiger partial charge is 0.382 e. The van der Waals surface area contributed by atoms with Crippen LogP contribution in [0.5, 0.6) is 0 Å². The van der Waals surface area contributed by atoms with Crippen LogP contribution in [0.3, 0.4) is 0 Å². The molecule has 0 saturated heterocycles. The summed E-state index contributed by atoms with van der Waals surface area (Å²) in [6.45, 7) is 0. The lowest BCUT2D eigenvalue weighted by molar-refractivity contribution is 1.32. The fraction of sp³-hybridized carbons (Fsp3) is 0. The molecule has 2 heterocycles. The van der Waals surface area contributed by atoms with Gasteiger partial charge in [-0.2, -0.15) is 0 Å².